The van der Waals surface area contributed by atoms with Gasteiger partial charge in [0.05, 0.1) is 23.1 Å². The van der Waals surface area contributed by atoms with E-state index in [2.05, 4.69) is 10.0 Å². The van der Waals surface area contributed by atoms with Crippen molar-refractivity contribution in [1.29, 1.82) is 0 Å². The molecule has 33 heavy (non-hydrogen) atoms. The molecule has 3 amide bonds. The first-order valence-corrected chi connectivity index (χ1v) is 11.2. The summed E-state index contributed by atoms with van der Waals surface area (Å²) in [6.45, 7) is 0. The normalized spacial score (nSPS) is 13.0. The van der Waals surface area contributed by atoms with Crippen molar-refractivity contribution in [3.63, 3.8) is 0 Å². The lowest BCUT2D eigenvalue weighted by Gasteiger charge is -2.10. The van der Waals surface area contributed by atoms with Gasteiger partial charge in [-0.15, -0.1) is 0 Å². The molecule has 168 valence electrons. The van der Waals surface area contributed by atoms with Crippen molar-refractivity contribution < 1.29 is 27.5 Å². The van der Waals surface area contributed by atoms with Crippen molar-refractivity contribution in [2.24, 2.45) is 0 Å². The Morgan fingerprint density at radius 2 is 1.45 bits per heavy atom. The number of fused-ring (bicyclic) bond motifs is 1. The topological polar surface area (TPSA) is 122 Å². The van der Waals surface area contributed by atoms with E-state index < -0.39 is 21.8 Å². The predicted molar refractivity (Wildman–Crippen MR) is 121 cm³/mol. The van der Waals surface area contributed by atoms with Gasteiger partial charge in [0.25, 0.3) is 27.7 Å². The molecule has 3 aromatic carbocycles. The Hall–Kier alpha value is -4.18. The molecule has 2 N–H and O–H groups in total. The number of imide groups is 1. The summed E-state index contributed by atoms with van der Waals surface area (Å²) in [7, 11) is -0.924. The zero-order chi connectivity index (χ0) is 23.8. The molecule has 3 aromatic rings. The summed E-state index contributed by atoms with van der Waals surface area (Å²) in [6, 6.07) is 16.3. The Morgan fingerprint density at radius 3 is 2.09 bits per heavy atom. The molecule has 0 aliphatic carbocycles. The summed E-state index contributed by atoms with van der Waals surface area (Å²) in [5.41, 5.74) is 1.44. The van der Waals surface area contributed by atoms with Crippen molar-refractivity contribution in [1.82, 2.24) is 4.90 Å². The minimum atomic E-state index is -3.81. The number of sulfonamides is 1. The Bertz CT molecular complexity index is 1370. The molecule has 9 nitrogen and oxygen atoms in total. The fourth-order valence-corrected chi connectivity index (χ4v) is 4.36. The zero-order valence-electron chi connectivity index (χ0n) is 17.7. The average Bonchev–Trinajstić information content (AvgIpc) is 3.03. The summed E-state index contributed by atoms with van der Waals surface area (Å²) >= 11 is 0. The lowest BCUT2D eigenvalue weighted by Crippen LogP contribution is -2.24. The standard InChI is InChI=1S/C23H19N3O6S/c1-26-22(28)19-12-7-16(13-20(19)23(26)29)24-21(27)14-3-5-15(6-4-14)25-33(30,31)18-10-8-17(32-2)9-11-18/h3-13,25H,1-2H3,(H,24,27). The molecule has 1 heterocycles. The van der Waals surface area contributed by atoms with E-state index in [4.69, 9.17) is 4.74 Å². The van der Waals surface area contributed by atoms with Crippen LogP contribution in [0.3, 0.4) is 0 Å². The second-order valence-electron chi connectivity index (χ2n) is 7.24. The van der Waals surface area contributed by atoms with Gasteiger partial charge < -0.3 is 10.1 Å². The number of nitrogens with one attached hydrogen (secondary N) is 2. The number of ether oxygens (including phenoxy) is 1. The summed E-state index contributed by atoms with van der Waals surface area (Å²) in [6.07, 6.45) is 0. The third kappa shape index (κ3) is 4.28. The van der Waals surface area contributed by atoms with E-state index in [-0.39, 0.29) is 33.2 Å². The summed E-state index contributed by atoms with van der Waals surface area (Å²) in [5.74, 6) is -0.736. The van der Waals surface area contributed by atoms with Gasteiger partial charge in [-0.1, -0.05) is 0 Å². The van der Waals surface area contributed by atoms with Crippen LogP contribution in [0.4, 0.5) is 11.4 Å². The Labute approximate surface area is 190 Å². The number of benzene rings is 3. The number of carbonyl (C=O) groups is 3. The second-order valence-corrected chi connectivity index (χ2v) is 8.92. The van der Waals surface area contributed by atoms with E-state index >= 15 is 0 Å². The van der Waals surface area contributed by atoms with Gasteiger partial charge in [-0.3, -0.25) is 24.0 Å². The van der Waals surface area contributed by atoms with E-state index in [1.54, 1.807) is 18.2 Å². The van der Waals surface area contributed by atoms with E-state index in [1.807, 2.05) is 0 Å². The SMILES string of the molecule is COc1ccc(S(=O)(=O)Nc2ccc(C(=O)Nc3ccc4c(c3)C(=O)N(C)C4=O)cc2)cc1. The van der Waals surface area contributed by atoms with E-state index in [0.29, 0.717) is 11.4 Å². The molecule has 4 rings (SSSR count). The quantitative estimate of drug-likeness (QED) is 0.540. The number of anilines is 2. The van der Waals surface area contributed by atoms with Crippen molar-refractivity contribution in [3.05, 3.63) is 83.4 Å². The average molecular weight is 465 g/mol. The molecule has 0 saturated heterocycles. The van der Waals surface area contributed by atoms with Gasteiger partial charge >= 0.3 is 0 Å². The van der Waals surface area contributed by atoms with Gasteiger partial charge in [0, 0.05) is 24.0 Å². The Kier molecular flexibility index (Phi) is 5.60. The monoisotopic (exact) mass is 465 g/mol. The highest BCUT2D eigenvalue weighted by atomic mass is 32.2. The fourth-order valence-electron chi connectivity index (χ4n) is 3.30. The maximum absolute atomic E-state index is 12.6. The zero-order valence-corrected chi connectivity index (χ0v) is 18.5. The smallest absolute Gasteiger partial charge is 0.261 e. The first-order valence-electron chi connectivity index (χ1n) is 9.74. The number of amides is 3. The van der Waals surface area contributed by atoms with Crippen molar-refractivity contribution in [2.75, 3.05) is 24.2 Å². The highest BCUT2D eigenvalue weighted by molar-refractivity contribution is 7.92. The first-order chi connectivity index (χ1) is 15.7. The number of carbonyl (C=O) groups excluding carboxylic acids is 3. The number of rotatable bonds is 6. The Balaban J connectivity index is 1.45. The molecule has 0 unspecified atom stereocenters. The van der Waals surface area contributed by atoms with Crippen molar-refractivity contribution >= 4 is 39.1 Å². The molecule has 0 radical (unpaired) electrons. The van der Waals surface area contributed by atoms with Crippen LogP contribution >= 0.6 is 0 Å². The van der Waals surface area contributed by atoms with Crippen LogP contribution in [-0.4, -0.2) is 45.2 Å². The highest BCUT2D eigenvalue weighted by Crippen LogP contribution is 2.25. The number of methoxy groups -OCH3 is 1. The van der Waals surface area contributed by atoms with Gasteiger partial charge in [0.15, 0.2) is 0 Å². The van der Waals surface area contributed by atoms with Gasteiger partial charge in [-0.05, 0) is 66.7 Å². The summed E-state index contributed by atoms with van der Waals surface area (Å²) in [4.78, 5) is 37.8. The lowest BCUT2D eigenvalue weighted by atomic mass is 10.1. The molecular formula is C23H19N3O6S. The summed E-state index contributed by atoms with van der Waals surface area (Å²) < 4.78 is 32.6. The molecule has 0 aromatic heterocycles. The highest BCUT2D eigenvalue weighted by Gasteiger charge is 2.32. The van der Waals surface area contributed by atoms with Crippen LogP contribution in [0.2, 0.25) is 0 Å². The number of hydrogen-bond acceptors (Lipinski definition) is 6. The van der Waals surface area contributed by atoms with E-state index in [1.165, 1.54) is 62.7 Å². The fraction of sp³-hybridized carbons (Fsp3) is 0.0870. The number of hydrogen-bond donors (Lipinski definition) is 2. The van der Waals surface area contributed by atoms with Crippen LogP contribution in [0, 0.1) is 0 Å². The third-order valence-electron chi connectivity index (χ3n) is 5.12. The molecule has 0 atom stereocenters. The van der Waals surface area contributed by atoms with Gasteiger partial charge in [0.2, 0.25) is 0 Å². The molecular weight excluding hydrogens is 446 g/mol. The molecule has 0 saturated carbocycles. The molecule has 1 aliphatic rings. The van der Waals surface area contributed by atoms with Gasteiger partial charge in [0.1, 0.15) is 5.75 Å². The minimum Gasteiger partial charge on any atom is -0.497 e. The van der Waals surface area contributed by atoms with Crippen LogP contribution in [0.25, 0.3) is 0 Å². The van der Waals surface area contributed by atoms with Crippen molar-refractivity contribution in [2.45, 2.75) is 4.90 Å². The Morgan fingerprint density at radius 1 is 0.848 bits per heavy atom. The van der Waals surface area contributed by atoms with Gasteiger partial charge in [-0.25, -0.2) is 8.42 Å². The first kappa shape index (κ1) is 22.0. The van der Waals surface area contributed by atoms with E-state index in [9.17, 15) is 22.8 Å². The predicted octanol–water partition coefficient (Wildman–Crippen LogP) is 2.97. The van der Waals surface area contributed by atoms with E-state index in [0.717, 1.165) is 4.90 Å². The third-order valence-corrected chi connectivity index (χ3v) is 6.51. The lowest BCUT2D eigenvalue weighted by molar-refractivity contribution is 0.0692. The maximum Gasteiger partial charge on any atom is 0.261 e. The van der Waals surface area contributed by atoms with Gasteiger partial charge in [-0.2, -0.15) is 0 Å². The molecule has 0 bridgehead atoms. The molecule has 10 heteroatoms. The minimum absolute atomic E-state index is 0.0698. The molecule has 1 aliphatic heterocycles. The molecule has 0 fully saturated rings. The van der Waals surface area contributed by atoms with Crippen LogP contribution in [-0.2, 0) is 10.0 Å². The largest absolute Gasteiger partial charge is 0.497 e. The maximum atomic E-state index is 12.6. The van der Waals surface area contributed by atoms with Crippen LogP contribution in [0.5, 0.6) is 5.75 Å². The van der Waals surface area contributed by atoms with Crippen LogP contribution in [0.1, 0.15) is 31.1 Å². The number of nitrogens with zero attached hydrogens (tertiary/aromatic N) is 1. The van der Waals surface area contributed by atoms with Crippen LogP contribution in [0.15, 0.2) is 71.6 Å². The molecule has 0 spiro atoms. The second kappa shape index (κ2) is 8.40. The van der Waals surface area contributed by atoms with Crippen LogP contribution < -0.4 is 14.8 Å². The van der Waals surface area contributed by atoms with Crippen molar-refractivity contribution in [3.8, 4) is 5.75 Å². The summed E-state index contributed by atoms with van der Waals surface area (Å²) in [5, 5.41) is 2.67.